The van der Waals surface area contributed by atoms with Crippen LogP contribution in [0, 0.1) is 0 Å². The summed E-state index contributed by atoms with van der Waals surface area (Å²) in [5.74, 6) is 1.79. The van der Waals surface area contributed by atoms with Crippen LogP contribution in [0.2, 0.25) is 0 Å². The summed E-state index contributed by atoms with van der Waals surface area (Å²) >= 11 is 3.41. The van der Waals surface area contributed by atoms with Crippen LogP contribution >= 0.6 is 15.9 Å². The molecule has 1 saturated heterocycles. The Bertz CT molecular complexity index is 896. The van der Waals surface area contributed by atoms with E-state index in [9.17, 15) is 0 Å². The highest BCUT2D eigenvalue weighted by Crippen LogP contribution is 2.32. The van der Waals surface area contributed by atoms with E-state index in [0.717, 1.165) is 36.5 Å². The molecule has 0 saturated carbocycles. The number of anilines is 3. The predicted molar refractivity (Wildman–Crippen MR) is 112 cm³/mol. The molecule has 138 valence electrons. The molecule has 0 aliphatic carbocycles. The summed E-state index contributed by atoms with van der Waals surface area (Å²) in [4.78, 5) is 13.2. The predicted octanol–water partition coefficient (Wildman–Crippen LogP) is 3.94. The third kappa shape index (κ3) is 3.98. The zero-order valence-corrected chi connectivity index (χ0v) is 16.3. The summed E-state index contributed by atoms with van der Waals surface area (Å²) < 4.78 is 6.84. The number of hydrogen-bond acceptors (Lipinski definition) is 6. The van der Waals surface area contributed by atoms with Crippen molar-refractivity contribution in [1.29, 1.82) is 0 Å². The van der Waals surface area contributed by atoms with E-state index in [1.54, 1.807) is 0 Å². The van der Waals surface area contributed by atoms with Gasteiger partial charge >= 0.3 is 0 Å². The zero-order valence-electron chi connectivity index (χ0n) is 14.8. The highest BCUT2D eigenvalue weighted by Gasteiger charge is 2.22. The lowest BCUT2D eigenvalue weighted by atomic mass is 10.2. The lowest BCUT2D eigenvalue weighted by Gasteiger charge is -2.37. The van der Waals surface area contributed by atoms with E-state index in [1.165, 1.54) is 12.0 Å². The maximum absolute atomic E-state index is 6.32. The number of nitrogen functional groups attached to an aromatic ring is 1. The molecule has 0 atom stereocenters. The highest BCUT2D eigenvalue weighted by atomic mass is 79.9. The number of halogens is 1. The van der Waals surface area contributed by atoms with E-state index >= 15 is 0 Å². The molecule has 0 radical (unpaired) electrons. The fourth-order valence-corrected chi connectivity index (χ4v) is 3.40. The van der Waals surface area contributed by atoms with Gasteiger partial charge in [0, 0.05) is 36.3 Å². The van der Waals surface area contributed by atoms with Gasteiger partial charge in [-0.2, -0.15) is 4.98 Å². The summed E-state index contributed by atoms with van der Waals surface area (Å²) in [7, 11) is 0. The largest absolute Gasteiger partial charge is 0.437 e. The molecule has 27 heavy (non-hydrogen) atoms. The summed E-state index contributed by atoms with van der Waals surface area (Å²) in [6, 6.07) is 18.0. The molecule has 1 aromatic heterocycles. The van der Waals surface area contributed by atoms with Crippen molar-refractivity contribution in [3.05, 3.63) is 65.4 Å². The molecule has 1 aliphatic heterocycles. The first-order valence-corrected chi connectivity index (χ1v) is 9.59. The standard InChI is InChI=1S/C20H20BrN5O/c21-15-6-8-17(9-7-15)27-20-18(22)19(23-14-24-20)26-12-10-25(11-13-26)16-4-2-1-3-5-16/h1-9,14H,10-13,22H2. The minimum atomic E-state index is 0.382. The Morgan fingerprint density at radius 3 is 2.22 bits per heavy atom. The fourth-order valence-electron chi connectivity index (χ4n) is 3.13. The zero-order chi connectivity index (χ0) is 18.6. The van der Waals surface area contributed by atoms with Gasteiger partial charge in [0.05, 0.1) is 0 Å². The lowest BCUT2D eigenvalue weighted by Crippen LogP contribution is -2.47. The van der Waals surface area contributed by atoms with Crippen LogP contribution in [0.1, 0.15) is 0 Å². The van der Waals surface area contributed by atoms with Gasteiger partial charge in [-0.05, 0) is 36.4 Å². The Morgan fingerprint density at radius 2 is 1.52 bits per heavy atom. The van der Waals surface area contributed by atoms with Crippen LogP contribution < -0.4 is 20.3 Å². The molecule has 1 fully saturated rings. The van der Waals surface area contributed by atoms with Crippen LogP contribution in [0.15, 0.2) is 65.4 Å². The van der Waals surface area contributed by atoms with E-state index < -0.39 is 0 Å². The highest BCUT2D eigenvalue weighted by molar-refractivity contribution is 9.10. The van der Waals surface area contributed by atoms with Crippen molar-refractivity contribution in [2.45, 2.75) is 0 Å². The molecule has 0 bridgehead atoms. The molecule has 0 amide bonds. The first-order chi connectivity index (χ1) is 13.2. The normalized spacial score (nSPS) is 14.3. The van der Waals surface area contributed by atoms with Gasteiger partial charge in [-0.15, -0.1) is 0 Å². The topological polar surface area (TPSA) is 67.5 Å². The molecule has 4 rings (SSSR count). The van der Waals surface area contributed by atoms with Gasteiger partial charge in [0.2, 0.25) is 5.88 Å². The first kappa shape index (κ1) is 17.6. The number of rotatable bonds is 4. The van der Waals surface area contributed by atoms with E-state index in [1.807, 2.05) is 30.3 Å². The van der Waals surface area contributed by atoms with Crippen LogP contribution in [0.25, 0.3) is 0 Å². The molecule has 2 aromatic carbocycles. The average Bonchev–Trinajstić information content (AvgIpc) is 2.72. The van der Waals surface area contributed by atoms with Crippen LogP contribution in [0.5, 0.6) is 11.6 Å². The number of nitrogens with zero attached hydrogens (tertiary/aromatic N) is 4. The Hall–Kier alpha value is -2.80. The molecule has 1 aliphatic rings. The van der Waals surface area contributed by atoms with Crippen molar-refractivity contribution in [1.82, 2.24) is 9.97 Å². The second-order valence-electron chi connectivity index (χ2n) is 6.28. The summed E-state index contributed by atoms with van der Waals surface area (Å²) in [5.41, 5.74) is 8.03. The van der Waals surface area contributed by atoms with E-state index in [4.69, 9.17) is 10.5 Å². The Labute approximate surface area is 166 Å². The van der Waals surface area contributed by atoms with Gasteiger partial charge in [-0.25, -0.2) is 4.98 Å². The second kappa shape index (κ2) is 7.84. The maximum atomic E-state index is 6.32. The Kier molecular flexibility index (Phi) is 5.11. The smallest absolute Gasteiger partial charge is 0.248 e. The first-order valence-electron chi connectivity index (χ1n) is 8.79. The molecule has 6 nitrogen and oxygen atoms in total. The van der Waals surface area contributed by atoms with E-state index in [-0.39, 0.29) is 0 Å². The van der Waals surface area contributed by atoms with E-state index in [0.29, 0.717) is 17.3 Å². The molecule has 2 N–H and O–H groups in total. The van der Waals surface area contributed by atoms with Crippen molar-refractivity contribution in [2.75, 3.05) is 41.7 Å². The quantitative estimate of drug-likeness (QED) is 0.682. The van der Waals surface area contributed by atoms with Crippen LogP contribution in [-0.2, 0) is 0 Å². The molecule has 2 heterocycles. The van der Waals surface area contributed by atoms with Crippen molar-refractivity contribution >= 4 is 33.1 Å². The van der Waals surface area contributed by atoms with Crippen molar-refractivity contribution < 1.29 is 4.74 Å². The van der Waals surface area contributed by atoms with Crippen molar-refractivity contribution in [2.24, 2.45) is 0 Å². The molecular weight excluding hydrogens is 406 g/mol. The number of benzene rings is 2. The van der Waals surface area contributed by atoms with Gasteiger partial charge in [-0.1, -0.05) is 34.1 Å². The van der Waals surface area contributed by atoms with Gasteiger partial charge in [-0.3, -0.25) is 0 Å². The SMILES string of the molecule is Nc1c(Oc2ccc(Br)cc2)ncnc1N1CCN(c2ccccc2)CC1. The minimum absolute atomic E-state index is 0.382. The lowest BCUT2D eigenvalue weighted by molar-refractivity contribution is 0.463. The molecular formula is C20H20BrN5O. The Balaban J connectivity index is 1.47. The maximum Gasteiger partial charge on any atom is 0.248 e. The van der Waals surface area contributed by atoms with Crippen LogP contribution in [0.3, 0.4) is 0 Å². The number of ether oxygens (including phenoxy) is 1. The Morgan fingerprint density at radius 1 is 0.852 bits per heavy atom. The number of nitrogens with two attached hydrogens (primary N) is 1. The van der Waals surface area contributed by atoms with Gasteiger partial charge in [0.25, 0.3) is 0 Å². The molecule has 7 heteroatoms. The summed E-state index contributed by atoms with van der Waals surface area (Å²) in [5, 5.41) is 0. The number of piperazine rings is 1. The van der Waals surface area contributed by atoms with Gasteiger partial charge < -0.3 is 20.3 Å². The van der Waals surface area contributed by atoms with Crippen LogP contribution in [0.4, 0.5) is 17.2 Å². The molecule has 0 unspecified atom stereocenters. The van der Waals surface area contributed by atoms with Gasteiger partial charge in [0.15, 0.2) is 5.82 Å². The van der Waals surface area contributed by atoms with Crippen molar-refractivity contribution in [3.63, 3.8) is 0 Å². The summed E-state index contributed by atoms with van der Waals surface area (Å²) in [6.07, 6.45) is 1.50. The van der Waals surface area contributed by atoms with Crippen molar-refractivity contribution in [3.8, 4) is 11.6 Å². The van der Waals surface area contributed by atoms with Gasteiger partial charge in [0.1, 0.15) is 17.8 Å². The van der Waals surface area contributed by atoms with E-state index in [2.05, 4.69) is 60.0 Å². The molecule has 3 aromatic rings. The number of para-hydroxylation sites is 1. The number of aromatic nitrogens is 2. The average molecular weight is 426 g/mol. The fraction of sp³-hybridized carbons (Fsp3) is 0.200. The third-order valence-electron chi connectivity index (χ3n) is 4.56. The third-order valence-corrected chi connectivity index (χ3v) is 5.08. The van der Waals surface area contributed by atoms with Crippen LogP contribution in [-0.4, -0.2) is 36.1 Å². The second-order valence-corrected chi connectivity index (χ2v) is 7.20. The monoisotopic (exact) mass is 425 g/mol. The minimum Gasteiger partial charge on any atom is -0.437 e. The summed E-state index contributed by atoms with van der Waals surface area (Å²) in [6.45, 7) is 3.51. The number of hydrogen-bond donors (Lipinski definition) is 1. The molecule has 0 spiro atoms.